The lowest BCUT2D eigenvalue weighted by Crippen LogP contribution is -2.15. The summed E-state index contributed by atoms with van der Waals surface area (Å²) in [5.74, 6) is -0.249. The Morgan fingerprint density at radius 2 is 2.09 bits per heavy atom. The number of amides is 1. The molecule has 2 aromatic heterocycles. The highest BCUT2D eigenvalue weighted by Crippen LogP contribution is 2.18. The zero-order chi connectivity index (χ0) is 15.9. The molecule has 0 radical (unpaired) electrons. The van der Waals surface area contributed by atoms with E-state index >= 15 is 0 Å². The minimum Gasteiger partial charge on any atom is -0.319 e. The number of carbonyl (C=O) groups is 1. The first-order valence-corrected chi connectivity index (χ1v) is 8.01. The van der Waals surface area contributed by atoms with Crippen molar-refractivity contribution in [3.05, 3.63) is 46.0 Å². The molecular formula is C16H18N4OS. The molecule has 1 aromatic carbocycles. The minimum absolute atomic E-state index is 0.249. The second-order valence-corrected chi connectivity index (χ2v) is 6.33. The van der Waals surface area contributed by atoms with Gasteiger partial charge in [0.05, 0.1) is 15.9 Å². The van der Waals surface area contributed by atoms with E-state index in [0.29, 0.717) is 17.0 Å². The van der Waals surface area contributed by atoms with Crippen molar-refractivity contribution < 1.29 is 4.79 Å². The highest BCUT2D eigenvalue weighted by molar-refractivity contribution is 7.16. The summed E-state index contributed by atoms with van der Waals surface area (Å²) in [5.41, 5.74) is 3.65. The molecule has 0 bridgehead atoms. The second kappa shape index (κ2) is 5.53. The molecule has 0 saturated carbocycles. The van der Waals surface area contributed by atoms with Crippen molar-refractivity contribution >= 4 is 27.5 Å². The molecule has 0 unspecified atom stereocenters. The van der Waals surface area contributed by atoms with Gasteiger partial charge in [0, 0.05) is 13.6 Å². The summed E-state index contributed by atoms with van der Waals surface area (Å²) in [7, 11) is 1.93. The Bertz CT molecular complexity index is 929. The van der Waals surface area contributed by atoms with Crippen LogP contribution < -0.4 is 4.80 Å². The molecule has 3 rings (SSSR count). The molecule has 0 aliphatic rings. The van der Waals surface area contributed by atoms with Gasteiger partial charge in [-0.05, 0) is 44.5 Å². The molecule has 0 aliphatic carbocycles. The Balaban J connectivity index is 2.11. The molecule has 0 spiro atoms. The van der Waals surface area contributed by atoms with Gasteiger partial charge >= 0.3 is 0 Å². The Morgan fingerprint density at radius 1 is 1.32 bits per heavy atom. The lowest BCUT2D eigenvalue weighted by molar-refractivity contribution is 0.0988. The topological polar surface area (TPSA) is 52.2 Å². The first-order valence-electron chi connectivity index (χ1n) is 7.19. The Labute approximate surface area is 132 Å². The van der Waals surface area contributed by atoms with E-state index in [-0.39, 0.29) is 5.91 Å². The third-order valence-electron chi connectivity index (χ3n) is 3.58. The zero-order valence-corrected chi connectivity index (χ0v) is 13.9. The largest absolute Gasteiger partial charge is 0.319 e. The molecule has 22 heavy (non-hydrogen) atoms. The third kappa shape index (κ3) is 2.50. The smallest absolute Gasteiger partial charge is 0.297 e. The van der Waals surface area contributed by atoms with Gasteiger partial charge in [0.25, 0.3) is 5.91 Å². The van der Waals surface area contributed by atoms with Crippen LogP contribution in [0.25, 0.3) is 10.2 Å². The third-order valence-corrected chi connectivity index (χ3v) is 4.68. The summed E-state index contributed by atoms with van der Waals surface area (Å²) in [5, 5.41) is 4.30. The van der Waals surface area contributed by atoms with E-state index in [4.69, 9.17) is 0 Å². The van der Waals surface area contributed by atoms with E-state index in [9.17, 15) is 4.79 Å². The minimum atomic E-state index is -0.249. The lowest BCUT2D eigenvalue weighted by atomic mass is 10.2. The highest BCUT2D eigenvalue weighted by Gasteiger charge is 2.13. The van der Waals surface area contributed by atoms with Crippen molar-refractivity contribution in [2.45, 2.75) is 27.3 Å². The summed E-state index contributed by atoms with van der Waals surface area (Å²) in [4.78, 5) is 17.5. The van der Waals surface area contributed by atoms with Crippen LogP contribution in [0, 0.1) is 13.8 Å². The summed E-state index contributed by atoms with van der Waals surface area (Å²) in [6, 6.07) is 8.03. The molecule has 0 aliphatic heterocycles. The monoisotopic (exact) mass is 314 g/mol. The second-order valence-electron chi connectivity index (χ2n) is 5.32. The number of fused-ring (bicyclic) bond motifs is 1. The van der Waals surface area contributed by atoms with E-state index in [1.807, 2.05) is 25.5 Å². The fourth-order valence-electron chi connectivity index (χ4n) is 2.45. The molecule has 0 saturated heterocycles. The van der Waals surface area contributed by atoms with Crippen LogP contribution in [-0.2, 0) is 13.6 Å². The van der Waals surface area contributed by atoms with Crippen LogP contribution in [0.3, 0.4) is 0 Å². The molecule has 5 nitrogen and oxygen atoms in total. The van der Waals surface area contributed by atoms with Gasteiger partial charge in [0.2, 0.25) is 0 Å². The van der Waals surface area contributed by atoms with Gasteiger partial charge in [-0.1, -0.05) is 17.4 Å². The molecule has 0 atom stereocenters. The van der Waals surface area contributed by atoms with Crippen molar-refractivity contribution in [3.8, 4) is 0 Å². The van der Waals surface area contributed by atoms with Crippen molar-refractivity contribution in [2.24, 2.45) is 12.0 Å². The summed E-state index contributed by atoms with van der Waals surface area (Å²) >= 11 is 1.53. The standard InChI is InChI=1S/C16H18N4OS/c1-5-20-13(9-11(3)18-20)15(21)17-16-19(4)12-7-6-10(2)8-14(12)22-16/h6-9H,5H2,1-4H3. The number of rotatable bonds is 2. The number of nitrogens with zero attached hydrogens (tertiary/aromatic N) is 4. The Morgan fingerprint density at radius 3 is 2.82 bits per heavy atom. The highest BCUT2D eigenvalue weighted by atomic mass is 32.1. The van der Waals surface area contributed by atoms with Gasteiger partial charge in [-0.2, -0.15) is 10.1 Å². The summed E-state index contributed by atoms with van der Waals surface area (Å²) < 4.78 is 4.78. The van der Waals surface area contributed by atoms with Crippen molar-refractivity contribution in [3.63, 3.8) is 0 Å². The molecule has 114 valence electrons. The first kappa shape index (κ1) is 14.7. The van der Waals surface area contributed by atoms with Crippen LogP contribution in [0.15, 0.2) is 29.3 Å². The molecule has 6 heteroatoms. The average Bonchev–Trinajstić information content (AvgIpc) is 3.00. The van der Waals surface area contributed by atoms with Gasteiger partial charge < -0.3 is 4.57 Å². The van der Waals surface area contributed by atoms with Crippen molar-refractivity contribution in [2.75, 3.05) is 0 Å². The first-order chi connectivity index (χ1) is 10.5. The van der Waals surface area contributed by atoms with Crippen LogP contribution in [-0.4, -0.2) is 20.3 Å². The summed E-state index contributed by atoms with van der Waals surface area (Å²) in [6.07, 6.45) is 0. The zero-order valence-electron chi connectivity index (χ0n) is 13.1. The van der Waals surface area contributed by atoms with E-state index in [0.717, 1.165) is 15.9 Å². The number of carbonyl (C=O) groups excluding carboxylic acids is 1. The normalized spacial score (nSPS) is 12.3. The SMILES string of the molecule is CCn1nc(C)cc1C(=O)N=c1sc2cc(C)ccc2n1C. The average molecular weight is 314 g/mol. The maximum Gasteiger partial charge on any atom is 0.297 e. The van der Waals surface area contributed by atoms with E-state index in [2.05, 4.69) is 35.2 Å². The van der Waals surface area contributed by atoms with Crippen molar-refractivity contribution in [1.29, 1.82) is 0 Å². The molecule has 2 heterocycles. The molecule has 0 N–H and O–H groups in total. The van der Waals surface area contributed by atoms with Gasteiger partial charge in [-0.15, -0.1) is 0 Å². The number of aromatic nitrogens is 3. The van der Waals surface area contributed by atoms with Gasteiger partial charge in [-0.3, -0.25) is 9.48 Å². The van der Waals surface area contributed by atoms with Crippen molar-refractivity contribution in [1.82, 2.24) is 14.3 Å². The van der Waals surface area contributed by atoms with Crippen LogP contribution in [0.5, 0.6) is 0 Å². The van der Waals surface area contributed by atoms with Crippen LogP contribution >= 0.6 is 11.3 Å². The Hall–Kier alpha value is -2.21. The maximum atomic E-state index is 12.5. The molecule has 3 aromatic rings. The number of benzene rings is 1. The van der Waals surface area contributed by atoms with E-state index in [1.54, 1.807) is 10.7 Å². The lowest BCUT2D eigenvalue weighted by Gasteiger charge is -1.99. The van der Waals surface area contributed by atoms with Crippen LogP contribution in [0.1, 0.15) is 28.7 Å². The summed E-state index contributed by atoms with van der Waals surface area (Å²) in [6.45, 7) is 6.56. The van der Waals surface area contributed by atoms with Gasteiger partial charge in [0.15, 0.2) is 4.80 Å². The maximum absolute atomic E-state index is 12.5. The number of hydrogen-bond acceptors (Lipinski definition) is 3. The van der Waals surface area contributed by atoms with Gasteiger partial charge in [0.1, 0.15) is 5.69 Å². The molecular weight excluding hydrogens is 296 g/mol. The fraction of sp³-hybridized carbons (Fsp3) is 0.312. The number of thiazole rings is 1. The van der Waals surface area contributed by atoms with Crippen LogP contribution in [0.2, 0.25) is 0 Å². The van der Waals surface area contributed by atoms with E-state index in [1.165, 1.54) is 16.9 Å². The van der Waals surface area contributed by atoms with Crippen LogP contribution in [0.4, 0.5) is 0 Å². The predicted molar refractivity (Wildman–Crippen MR) is 88.1 cm³/mol. The quantitative estimate of drug-likeness (QED) is 0.730. The number of aryl methyl sites for hydroxylation is 4. The number of hydrogen-bond donors (Lipinski definition) is 0. The van der Waals surface area contributed by atoms with Gasteiger partial charge in [-0.25, -0.2) is 0 Å². The predicted octanol–water partition coefficient (Wildman–Crippen LogP) is 2.81. The fourth-order valence-corrected chi connectivity index (χ4v) is 3.57. The Kier molecular flexibility index (Phi) is 3.70. The molecule has 0 fully saturated rings. The molecule has 1 amide bonds. The van der Waals surface area contributed by atoms with E-state index < -0.39 is 0 Å².